The van der Waals surface area contributed by atoms with Gasteiger partial charge in [-0.25, -0.2) is 4.98 Å². The first-order valence-electron chi connectivity index (χ1n) is 6.99. The van der Waals surface area contributed by atoms with Gasteiger partial charge in [-0.1, -0.05) is 59.0 Å². The number of rotatable bonds is 3. The number of carbonyl (C=O) groups excluding carboxylic acids is 1. The highest BCUT2D eigenvalue weighted by atomic mass is 32.1. The van der Waals surface area contributed by atoms with Crippen molar-refractivity contribution >= 4 is 32.6 Å². The van der Waals surface area contributed by atoms with Crippen molar-refractivity contribution in [2.75, 3.05) is 5.32 Å². The Morgan fingerprint density at radius 2 is 1.83 bits per heavy atom. The van der Waals surface area contributed by atoms with E-state index in [2.05, 4.69) is 15.5 Å². The molecule has 0 aliphatic carbocycles. The molecular formula is C17H11N3O2S. The molecule has 4 rings (SSSR count). The lowest BCUT2D eigenvalue weighted by Gasteiger charge is -1.95. The monoisotopic (exact) mass is 321 g/mol. The van der Waals surface area contributed by atoms with Gasteiger partial charge in [0.1, 0.15) is 5.69 Å². The van der Waals surface area contributed by atoms with Gasteiger partial charge in [0.15, 0.2) is 5.13 Å². The van der Waals surface area contributed by atoms with Gasteiger partial charge in [-0.05, 0) is 12.1 Å². The zero-order valence-electron chi connectivity index (χ0n) is 11.9. The molecule has 2 aromatic carbocycles. The molecule has 112 valence electrons. The second-order valence-electron chi connectivity index (χ2n) is 4.88. The molecule has 1 N–H and O–H groups in total. The molecule has 23 heavy (non-hydrogen) atoms. The normalized spacial score (nSPS) is 10.8. The predicted molar refractivity (Wildman–Crippen MR) is 89.5 cm³/mol. The Hall–Kier alpha value is -2.99. The van der Waals surface area contributed by atoms with Crippen molar-refractivity contribution < 1.29 is 9.32 Å². The summed E-state index contributed by atoms with van der Waals surface area (Å²) in [5.74, 6) is -0.207. The Bertz CT molecular complexity index is 943. The first-order valence-corrected chi connectivity index (χ1v) is 7.80. The molecular weight excluding hydrogens is 310 g/mol. The van der Waals surface area contributed by atoms with E-state index in [4.69, 9.17) is 4.52 Å². The molecule has 0 saturated carbocycles. The maximum Gasteiger partial charge on any atom is 0.296 e. The number of thiazole rings is 1. The van der Waals surface area contributed by atoms with E-state index in [9.17, 15) is 4.79 Å². The van der Waals surface area contributed by atoms with Crippen LogP contribution in [0.4, 0.5) is 5.13 Å². The van der Waals surface area contributed by atoms with Crippen LogP contribution < -0.4 is 5.32 Å². The minimum Gasteiger partial charge on any atom is -0.350 e. The molecule has 0 spiro atoms. The first kappa shape index (κ1) is 13.7. The molecule has 5 nitrogen and oxygen atoms in total. The summed E-state index contributed by atoms with van der Waals surface area (Å²) >= 11 is 1.42. The van der Waals surface area contributed by atoms with Gasteiger partial charge >= 0.3 is 0 Å². The van der Waals surface area contributed by atoms with Crippen LogP contribution in [0.2, 0.25) is 0 Å². The van der Waals surface area contributed by atoms with Crippen LogP contribution in [-0.4, -0.2) is 16.0 Å². The van der Waals surface area contributed by atoms with Crippen LogP contribution in [0.3, 0.4) is 0 Å². The second kappa shape index (κ2) is 5.66. The molecule has 0 aliphatic rings. The molecule has 1 amide bonds. The summed E-state index contributed by atoms with van der Waals surface area (Å²) in [6.07, 6.45) is 0. The fraction of sp³-hybridized carbons (Fsp3) is 0. The van der Waals surface area contributed by atoms with Crippen LogP contribution in [0, 0.1) is 0 Å². The molecule has 0 bridgehead atoms. The van der Waals surface area contributed by atoms with E-state index in [1.54, 1.807) is 6.07 Å². The molecule has 0 atom stereocenters. The van der Waals surface area contributed by atoms with Gasteiger partial charge in [0.05, 0.1) is 10.2 Å². The molecule has 4 aromatic rings. The third-order valence-corrected chi connectivity index (χ3v) is 4.27. The zero-order chi connectivity index (χ0) is 15.6. The number of anilines is 1. The number of carbonyl (C=O) groups is 1. The smallest absolute Gasteiger partial charge is 0.296 e. The number of nitrogens with zero attached hydrogens (tertiary/aromatic N) is 2. The topological polar surface area (TPSA) is 68.0 Å². The summed E-state index contributed by atoms with van der Waals surface area (Å²) in [6.45, 7) is 0. The number of aromatic nitrogens is 2. The minimum atomic E-state index is -0.362. The van der Waals surface area contributed by atoms with Crippen molar-refractivity contribution in [3.05, 3.63) is 66.4 Å². The molecule has 0 aliphatic heterocycles. The third kappa shape index (κ3) is 2.72. The van der Waals surface area contributed by atoms with Crippen LogP contribution >= 0.6 is 11.3 Å². The summed E-state index contributed by atoms with van der Waals surface area (Å²) in [6, 6.07) is 18.9. The van der Waals surface area contributed by atoms with E-state index in [1.165, 1.54) is 11.3 Å². The van der Waals surface area contributed by atoms with Crippen LogP contribution in [0.5, 0.6) is 0 Å². The first-order chi connectivity index (χ1) is 11.3. The molecule has 0 fully saturated rings. The summed E-state index contributed by atoms with van der Waals surface area (Å²) in [5.41, 5.74) is 2.38. The van der Waals surface area contributed by atoms with Gasteiger partial charge in [-0.2, -0.15) is 0 Å². The Morgan fingerprint density at radius 3 is 2.65 bits per heavy atom. The number of nitrogens with one attached hydrogen (secondary N) is 1. The van der Waals surface area contributed by atoms with E-state index in [1.807, 2.05) is 54.6 Å². The van der Waals surface area contributed by atoms with Crippen LogP contribution in [0.15, 0.2) is 65.2 Å². The quantitative estimate of drug-likeness (QED) is 0.614. The summed E-state index contributed by atoms with van der Waals surface area (Å²) in [4.78, 5) is 16.6. The van der Waals surface area contributed by atoms with Crippen molar-refractivity contribution in [3.63, 3.8) is 0 Å². The van der Waals surface area contributed by atoms with E-state index in [-0.39, 0.29) is 11.7 Å². The lowest BCUT2D eigenvalue weighted by Crippen LogP contribution is -2.10. The average Bonchev–Trinajstić information content (AvgIpc) is 3.22. The fourth-order valence-corrected chi connectivity index (χ4v) is 3.07. The largest absolute Gasteiger partial charge is 0.350 e. The zero-order valence-corrected chi connectivity index (χ0v) is 12.7. The van der Waals surface area contributed by atoms with Gasteiger partial charge in [-0.15, -0.1) is 0 Å². The van der Waals surface area contributed by atoms with Gasteiger partial charge in [0.2, 0.25) is 5.76 Å². The van der Waals surface area contributed by atoms with Crippen LogP contribution in [0.25, 0.3) is 21.5 Å². The number of hydrogen-bond acceptors (Lipinski definition) is 5. The van der Waals surface area contributed by atoms with Crippen molar-refractivity contribution in [2.45, 2.75) is 0 Å². The van der Waals surface area contributed by atoms with Crippen molar-refractivity contribution in [1.82, 2.24) is 10.1 Å². The summed E-state index contributed by atoms with van der Waals surface area (Å²) in [7, 11) is 0. The number of benzene rings is 2. The molecule has 2 aromatic heterocycles. The maximum atomic E-state index is 12.3. The lowest BCUT2D eigenvalue weighted by atomic mass is 10.1. The van der Waals surface area contributed by atoms with E-state index < -0.39 is 0 Å². The van der Waals surface area contributed by atoms with E-state index in [0.29, 0.717) is 10.8 Å². The Morgan fingerprint density at radius 1 is 1.04 bits per heavy atom. The lowest BCUT2D eigenvalue weighted by molar-refractivity contribution is 0.0988. The molecule has 0 unspecified atom stereocenters. The molecule has 0 saturated heterocycles. The summed E-state index contributed by atoms with van der Waals surface area (Å²) in [5, 5.41) is 7.22. The maximum absolute atomic E-state index is 12.3. The van der Waals surface area contributed by atoms with E-state index >= 15 is 0 Å². The molecule has 2 heterocycles. The Kier molecular flexibility index (Phi) is 3.36. The number of fused-ring (bicyclic) bond motifs is 1. The third-order valence-electron chi connectivity index (χ3n) is 3.32. The highest BCUT2D eigenvalue weighted by Gasteiger charge is 2.15. The van der Waals surface area contributed by atoms with Crippen molar-refractivity contribution in [2.24, 2.45) is 0 Å². The summed E-state index contributed by atoms with van der Waals surface area (Å²) < 4.78 is 6.16. The van der Waals surface area contributed by atoms with Crippen LogP contribution in [-0.2, 0) is 0 Å². The minimum absolute atomic E-state index is 0.156. The van der Waals surface area contributed by atoms with Crippen LogP contribution in [0.1, 0.15) is 10.6 Å². The number of hydrogen-bond donors (Lipinski definition) is 1. The van der Waals surface area contributed by atoms with Gasteiger partial charge < -0.3 is 4.52 Å². The molecule has 0 radical (unpaired) electrons. The SMILES string of the molecule is O=C(Nc1nc2ccccc2s1)c1cc(-c2ccccc2)no1. The second-order valence-corrected chi connectivity index (χ2v) is 5.91. The van der Waals surface area contributed by atoms with Gasteiger partial charge in [0, 0.05) is 11.6 Å². The number of para-hydroxylation sites is 1. The standard InChI is InChI=1S/C17H11N3O2S/c21-16(19-17-18-12-8-4-5-9-15(12)23-17)14-10-13(20-22-14)11-6-2-1-3-7-11/h1-10H,(H,18,19,21). The Labute approximate surface area is 135 Å². The van der Waals surface area contributed by atoms with Gasteiger partial charge in [0.25, 0.3) is 5.91 Å². The predicted octanol–water partition coefficient (Wildman–Crippen LogP) is 4.20. The van der Waals surface area contributed by atoms with Crippen molar-refractivity contribution in [3.8, 4) is 11.3 Å². The molecule has 6 heteroatoms. The van der Waals surface area contributed by atoms with Gasteiger partial charge in [-0.3, -0.25) is 10.1 Å². The Balaban J connectivity index is 1.56. The fourth-order valence-electron chi connectivity index (χ4n) is 2.21. The highest BCUT2D eigenvalue weighted by molar-refractivity contribution is 7.22. The average molecular weight is 321 g/mol. The van der Waals surface area contributed by atoms with E-state index in [0.717, 1.165) is 15.8 Å². The highest BCUT2D eigenvalue weighted by Crippen LogP contribution is 2.26. The van der Waals surface area contributed by atoms with Crippen molar-refractivity contribution in [1.29, 1.82) is 0 Å². The number of amides is 1.